The monoisotopic (exact) mass is 546 g/mol. The molecule has 0 saturated heterocycles. The molecule has 1 aromatic carbocycles. The Kier molecular flexibility index (Phi) is 13.5. The fourth-order valence-corrected chi connectivity index (χ4v) is 1.97. The second kappa shape index (κ2) is 14.6. The summed E-state index contributed by atoms with van der Waals surface area (Å²) in [6.45, 7) is 6.54. The van der Waals surface area contributed by atoms with E-state index in [1.807, 2.05) is 23.4 Å². The van der Waals surface area contributed by atoms with Crippen LogP contribution in [0.4, 0.5) is 29.2 Å². The Labute approximate surface area is 192 Å². The molecule has 0 amide bonds. The SMILES string of the molecule is Cc1ccc(C(C)C)cc1.F[B-](F)(F)F.Nc1nc(N)nc(-c2ccccn2)n1.[Cl][Ru+]. The van der Waals surface area contributed by atoms with Crippen molar-refractivity contribution in [1.29, 1.82) is 0 Å². The van der Waals surface area contributed by atoms with Gasteiger partial charge in [-0.3, -0.25) is 4.98 Å². The van der Waals surface area contributed by atoms with Gasteiger partial charge in [0.15, 0.2) is 5.82 Å². The molecule has 0 saturated carbocycles. The van der Waals surface area contributed by atoms with Crippen LogP contribution in [0.1, 0.15) is 30.9 Å². The summed E-state index contributed by atoms with van der Waals surface area (Å²) in [6, 6.07) is 14.1. The van der Waals surface area contributed by atoms with Crippen molar-refractivity contribution in [2.45, 2.75) is 26.7 Å². The van der Waals surface area contributed by atoms with Crippen LogP contribution in [0.3, 0.4) is 0 Å². The first-order chi connectivity index (χ1) is 14.5. The molecular weight excluding hydrogens is 524 g/mol. The van der Waals surface area contributed by atoms with Crippen LogP contribution in [0.5, 0.6) is 0 Å². The van der Waals surface area contributed by atoms with E-state index >= 15 is 0 Å². The normalized spacial score (nSPS) is 10.0. The van der Waals surface area contributed by atoms with Gasteiger partial charge in [-0.25, -0.2) is 0 Å². The van der Waals surface area contributed by atoms with E-state index in [0.717, 1.165) is 0 Å². The minimum atomic E-state index is -6.00. The Morgan fingerprint density at radius 2 is 1.35 bits per heavy atom. The van der Waals surface area contributed by atoms with E-state index < -0.39 is 7.25 Å². The van der Waals surface area contributed by atoms with Crippen molar-refractivity contribution in [2.75, 3.05) is 11.5 Å². The quantitative estimate of drug-likeness (QED) is 0.339. The molecule has 0 unspecified atom stereocenters. The van der Waals surface area contributed by atoms with E-state index in [4.69, 9.17) is 11.5 Å². The van der Waals surface area contributed by atoms with Crippen LogP contribution < -0.4 is 11.5 Å². The number of aryl methyl sites for hydroxylation is 1. The molecule has 2 heterocycles. The topological polar surface area (TPSA) is 104 Å². The van der Waals surface area contributed by atoms with Crippen LogP contribution in [0.15, 0.2) is 48.7 Å². The number of hydrogen-bond donors (Lipinski definition) is 2. The number of hydrogen-bond acceptors (Lipinski definition) is 6. The van der Waals surface area contributed by atoms with Gasteiger partial charge in [0, 0.05) is 6.20 Å². The third-order valence-electron chi connectivity index (χ3n) is 3.31. The number of pyridine rings is 1. The molecule has 31 heavy (non-hydrogen) atoms. The molecule has 0 spiro atoms. The first-order valence-corrected chi connectivity index (χ1v) is 10.9. The fourth-order valence-electron chi connectivity index (χ4n) is 1.97. The van der Waals surface area contributed by atoms with E-state index in [1.165, 1.54) is 11.1 Å². The van der Waals surface area contributed by atoms with Crippen molar-refractivity contribution in [2.24, 2.45) is 0 Å². The van der Waals surface area contributed by atoms with E-state index in [-0.39, 0.29) is 11.9 Å². The predicted molar refractivity (Wildman–Crippen MR) is 113 cm³/mol. The van der Waals surface area contributed by atoms with Gasteiger partial charge in [0.25, 0.3) is 0 Å². The van der Waals surface area contributed by atoms with Gasteiger partial charge >= 0.3 is 34.3 Å². The second-order valence-corrected chi connectivity index (χ2v) is 6.15. The van der Waals surface area contributed by atoms with Crippen LogP contribution >= 0.6 is 9.69 Å². The average molecular weight is 546 g/mol. The van der Waals surface area contributed by atoms with E-state index in [2.05, 4.69) is 74.7 Å². The standard InChI is InChI=1S/C10H14.C8H8N6.BF4.ClH.Ru/c1-8(2)10-6-4-9(3)5-7-10;9-7-12-6(13-8(10)14-7)5-3-1-2-4-11-5;2-1(3,4)5;;/h4-8H,1-3H3;1-4H,(H4,9,10,12,13,14);;1H;/q;;-1;;+2/p-1. The molecule has 0 bridgehead atoms. The predicted octanol–water partition coefficient (Wildman–Crippen LogP) is 5.20. The zero-order valence-electron chi connectivity index (χ0n) is 17.0. The Morgan fingerprint density at radius 3 is 1.74 bits per heavy atom. The molecule has 0 aliphatic rings. The van der Waals surface area contributed by atoms with Crippen molar-refractivity contribution in [3.63, 3.8) is 0 Å². The Bertz CT molecular complexity index is 860. The van der Waals surface area contributed by atoms with Gasteiger partial charge in [-0.05, 0) is 30.5 Å². The van der Waals surface area contributed by atoms with Gasteiger partial charge in [0.1, 0.15) is 5.69 Å². The molecule has 0 radical (unpaired) electrons. The number of benzene rings is 1. The third kappa shape index (κ3) is 14.3. The van der Waals surface area contributed by atoms with Gasteiger partial charge in [0.2, 0.25) is 11.9 Å². The molecule has 0 aliphatic carbocycles. The maximum absolute atomic E-state index is 9.75. The third-order valence-corrected chi connectivity index (χ3v) is 3.31. The van der Waals surface area contributed by atoms with E-state index in [1.54, 1.807) is 18.3 Å². The van der Waals surface area contributed by atoms with Gasteiger partial charge in [0.05, 0.1) is 0 Å². The van der Waals surface area contributed by atoms with Gasteiger partial charge in [-0.15, -0.1) is 0 Å². The number of anilines is 2. The number of nitrogens with zero attached hydrogens (tertiary/aromatic N) is 4. The van der Waals surface area contributed by atoms with Crippen molar-refractivity contribution in [1.82, 2.24) is 19.9 Å². The molecule has 4 N–H and O–H groups in total. The molecule has 0 atom stereocenters. The van der Waals surface area contributed by atoms with Crippen LogP contribution in [0.2, 0.25) is 0 Å². The summed E-state index contributed by atoms with van der Waals surface area (Å²) in [7, 11) is -1.43. The fraction of sp³-hybridized carbons (Fsp3) is 0.222. The van der Waals surface area contributed by atoms with E-state index in [9.17, 15) is 17.3 Å². The van der Waals surface area contributed by atoms with Crippen molar-refractivity contribution >= 4 is 28.8 Å². The first kappa shape index (κ1) is 28.7. The second-order valence-electron chi connectivity index (χ2n) is 6.15. The number of rotatable bonds is 2. The molecule has 0 aliphatic heterocycles. The van der Waals surface area contributed by atoms with Crippen LogP contribution in [-0.4, -0.2) is 27.2 Å². The number of nitrogen functional groups attached to an aromatic ring is 2. The Hall–Kier alpha value is -2.32. The van der Waals surface area contributed by atoms with Crippen molar-refractivity contribution in [3.05, 3.63) is 59.8 Å². The summed E-state index contributed by atoms with van der Waals surface area (Å²) in [4.78, 5) is 15.6. The Morgan fingerprint density at radius 1 is 0.871 bits per heavy atom. The number of nitrogens with two attached hydrogens (primary N) is 2. The van der Waals surface area contributed by atoms with Crippen molar-refractivity contribution < 1.29 is 34.6 Å². The Balaban J connectivity index is 0.000000464. The minimum absolute atomic E-state index is 0.0955. The summed E-state index contributed by atoms with van der Waals surface area (Å²) in [5, 5.41) is 0. The van der Waals surface area contributed by atoms with Crippen LogP contribution in [0, 0.1) is 6.92 Å². The average Bonchev–Trinajstić information content (AvgIpc) is 2.69. The van der Waals surface area contributed by atoms with Crippen LogP contribution in [0.25, 0.3) is 11.5 Å². The van der Waals surface area contributed by atoms with Gasteiger partial charge in [-0.1, -0.05) is 49.7 Å². The molecule has 13 heteroatoms. The van der Waals surface area contributed by atoms with E-state index in [0.29, 0.717) is 17.4 Å². The summed E-state index contributed by atoms with van der Waals surface area (Å²) in [6.07, 6.45) is 1.64. The molecule has 3 aromatic rings. The summed E-state index contributed by atoms with van der Waals surface area (Å²) >= 11 is 1.82. The maximum atomic E-state index is 9.75. The molecule has 3 rings (SSSR count). The summed E-state index contributed by atoms with van der Waals surface area (Å²) in [5.41, 5.74) is 14.2. The summed E-state index contributed by atoms with van der Waals surface area (Å²) in [5.74, 6) is 1.23. The zero-order chi connectivity index (χ0) is 24.0. The van der Waals surface area contributed by atoms with Gasteiger partial charge in [-0.2, -0.15) is 15.0 Å². The first-order valence-electron chi connectivity index (χ1n) is 8.71. The molecular formula is C18H22BClF4N6Ru. The zero-order valence-corrected chi connectivity index (χ0v) is 19.5. The van der Waals surface area contributed by atoms with Crippen molar-refractivity contribution in [3.8, 4) is 11.5 Å². The molecule has 2 aromatic heterocycles. The van der Waals surface area contributed by atoms with Crippen LogP contribution in [-0.2, 0) is 17.3 Å². The molecule has 0 fully saturated rings. The number of halogens is 5. The molecule has 6 nitrogen and oxygen atoms in total. The van der Waals surface area contributed by atoms with Gasteiger partial charge < -0.3 is 28.7 Å². The number of aromatic nitrogens is 4. The molecule has 170 valence electrons. The summed E-state index contributed by atoms with van der Waals surface area (Å²) < 4.78 is 39.0.